The molecule has 0 unspecified atom stereocenters. The Hall–Kier alpha value is -0.420. The van der Waals surface area contributed by atoms with Crippen molar-refractivity contribution in [1.29, 1.82) is 0 Å². The van der Waals surface area contributed by atoms with Crippen molar-refractivity contribution >= 4 is 37.5 Å². The molecule has 0 amide bonds. The van der Waals surface area contributed by atoms with E-state index in [2.05, 4.69) is 31.9 Å². The fourth-order valence-corrected chi connectivity index (χ4v) is 2.84. The number of aryl methyl sites for hydroxylation is 1. The summed E-state index contributed by atoms with van der Waals surface area (Å²) in [7, 11) is 0. The summed E-state index contributed by atoms with van der Waals surface area (Å²) in [4.78, 5) is 10.2. The van der Waals surface area contributed by atoms with E-state index in [9.17, 15) is 10.1 Å². The van der Waals surface area contributed by atoms with Gasteiger partial charge < -0.3 is 0 Å². The highest BCUT2D eigenvalue weighted by Gasteiger charge is 2.15. The second kappa shape index (κ2) is 4.19. The van der Waals surface area contributed by atoms with E-state index in [-0.39, 0.29) is 5.69 Å². The molecule has 0 aromatic heterocycles. The number of halogens is 2. The quantitative estimate of drug-likeness (QED) is 0.476. The minimum absolute atomic E-state index is 0.111. The fourth-order valence-electron chi connectivity index (χ4n) is 1.01. The molecule has 0 fully saturated rings. The van der Waals surface area contributed by atoms with Crippen LogP contribution in [0.25, 0.3) is 0 Å². The molecule has 0 heterocycles. The molecule has 13 heavy (non-hydrogen) atoms. The first-order valence-corrected chi connectivity index (χ1v) is 5.47. The van der Waals surface area contributed by atoms with Crippen LogP contribution in [0.3, 0.4) is 0 Å². The normalized spacial score (nSPS) is 10.1. The average Bonchev–Trinajstić information content (AvgIpc) is 2.04. The van der Waals surface area contributed by atoms with Crippen LogP contribution in [0.1, 0.15) is 11.1 Å². The van der Waals surface area contributed by atoms with Gasteiger partial charge in [-0.3, -0.25) is 10.1 Å². The van der Waals surface area contributed by atoms with Crippen molar-refractivity contribution in [2.75, 3.05) is 0 Å². The number of nitro groups is 1. The van der Waals surface area contributed by atoms with Gasteiger partial charge in [0.15, 0.2) is 0 Å². The predicted molar refractivity (Wildman–Crippen MR) is 58.2 cm³/mol. The highest BCUT2D eigenvalue weighted by atomic mass is 79.9. The molecule has 0 aliphatic heterocycles. The standard InChI is InChI=1S/C8H7Br2NO2/c1-5-2-3-7(11(12)13)8(10)6(5)4-9/h2-3H,4H2,1H3. The summed E-state index contributed by atoms with van der Waals surface area (Å²) in [6.45, 7) is 1.92. The summed E-state index contributed by atoms with van der Waals surface area (Å²) in [5, 5.41) is 11.2. The Labute approximate surface area is 92.5 Å². The van der Waals surface area contributed by atoms with Crippen LogP contribution < -0.4 is 0 Å². The lowest BCUT2D eigenvalue weighted by molar-refractivity contribution is -0.385. The minimum Gasteiger partial charge on any atom is -0.258 e. The largest absolute Gasteiger partial charge is 0.283 e. The Morgan fingerprint density at radius 3 is 2.62 bits per heavy atom. The Kier molecular flexibility index (Phi) is 3.44. The first-order valence-electron chi connectivity index (χ1n) is 3.56. The second-order valence-corrected chi connectivity index (χ2v) is 3.94. The van der Waals surface area contributed by atoms with E-state index >= 15 is 0 Å². The molecule has 1 rings (SSSR count). The first kappa shape index (κ1) is 10.7. The highest BCUT2D eigenvalue weighted by molar-refractivity contribution is 9.11. The number of hydrogen-bond donors (Lipinski definition) is 0. The number of nitrogens with zero attached hydrogens (tertiary/aromatic N) is 1. The SMILES string of the molecule is Cc1ccc([N+](=O)[O-])c(Br)c1CBr. The van der Waals surface area contributed by atoms with Gasteiger partial charge in [0, 0.05) is 11.4 Å². The molecule has 1 aromatic rings. The Morgan fingerprint density at radius 2 is 2.15 bits per heavy atom. The Morgan fingerprint density at radius 1 is 1.54 bits per heavy atom. The molecule has 5 heteroatoms. The van der Waals surface area contributed by atoms with Crippen molar-refractivity contribution in [1.82, 2.24) is 0 Å². The van der Waals surface area contributed by atoms with Gasteiger partial charge in [-0.05, 0) is 34.0 Å². The molecule has 70 valence electrons. The lowest BCUT2D eigenvalue weighted by atomic mass is 10.1. The summed E-state index contributed by atoms with van der Waals surface area (Å²) < 4.78 is 0.564. The topological polar surface area (TPSA) is 43.1 Å². The van der Waals surface area contributed by atoms with Crippen LogP contribution in [-0.2, 0) is 5.33 Å². The van der Waals surface area contributed by atoms with Gasteiger partial charge in [0.25, 0.3) is 5.69 Å². The van der Waals surface area contributed by atoms with Gasteiger partial charge in [-0.25, -0.2) is 0 Å². The van der Waals surface area contributed by atoms with E-state index in [0.717, 1.165) is 11.1 Å². The summed E-state index contributed by atoms with van der Waals surface area (Å²) in [5.74, 6) is 0. The molecule has 0 spiro atoms. The minimum atomic E-state index is -0.393. The molecule has 0 saturated heterocycles. The first-order chi connectivity index (χ1) is 6.07. The molecule has 0 atom stereocenters. The van der Waals surface area contributed by atoms with Gasteiger partial charge in [-0.2, -0.15) is 0 Å². The molecule has 0 radical (unpaired) electrons. The van der Waals surface area contributed by atoms with Crippen molar-refractivity contribution in [2.45, 2.75) is 12.3 Å². The lowest BCUT2D eigenvalue weighted by Gasteiger charge is -2.04. The zero-order valence-corrected chi connectivity index (χ0v) is 10.1. The van der Waals surface area contributed by atoms with Gasteiger partial charge in [-0.1, -0.05) is 22.0 Å². The molecule has 3 nitrogen and oxygen atoms in total. The smallest absolute Gasteiger partial charge is 0.258 e. The van der Waals surface area contributed by atoms with E-state index < -0.39 is 4.92 Å². The van der Waals surface area contributed by atoms with Crippen molar-refractivity contribution in [3.8, 4) is 0 Å². The third kappa shape index (κ3) is 2.08. The number of alkyl halides is 1. The number of rotatable bonds is 2. The lowest BCUT2D eigenvalue weighted by Crippen LogP contribution is -1.94. The maximum absolute atomic E-state index is 10.6. The Bertz CT molecular complexity index is 352. The number of hydrogen-bond acceptors (Lipinski definition) is 2. The van der Waals surface area contributed by atoms with Gasteiger partial charge in [0.2, 0.25) is 0 Å². The maximum Gasteiger partial charge on any atom is 0.283 e. The van der Waals surface area contributed by atoms with E-state index in [0.29, 0.717) is 9.80 Å². The van der Waals surface area contributed by atoms with Crippen LogP contribution >= 0.6 is 31.9 Å². The summed E-state index contributed by atoms with van der Waals surface area (Å²) in [6, 6.07) is 3.26. The van der Waals surface area contributed by atoms with E-state index in [1.54, 1.807) is 6.07 Å². The van der Waals surface area contributed by atoms with Crippen LogP contribution in [0.15, 0.2) is 16.6 Å². The predicted octanol–water partition coefficient (Wildman–Crippen LogP) is 3.56. The van der Waals surface area contributed by atoms with Crippen LogP contribution in [0.2, 0.25) is 0 Å². The molecule has 0 bridgehead atoms. The van der Waals surface area contributed by atoms with Gasteiger partial charge in [-0.15, -0.1) is 0 Å². The summed E-state index contributed by atoms with van der Waals surface area (Å²) in [6.07, 6.45) is 0. The highest BCUT2D eigenvalue weighted by Crippen LogP contribution is 2.31. The summed E-state index contributed by atoms with van der Waals surface area (Å²) in [5.41, 5.74) is 2.07. The van der Waals surface area contributed by atoms with Crippen LogP contribution in [0, 0.1) is 17.0 Å². The van der Waals surface area contributed by atoms with Crippen molar-refractivity contribution < 1.29 is 4.92 Å². The fraction of sp³-hybridized carbons (Fsp3) is 0.250. The number of benzene rings is 1. The van der Waals surface area contributed by atoms with Crippen LogP contribution in [0.4, 0.5) is 5.69 Å². The second-order valence-electron chi connectivity index (χ2n) is 2.58. The maximum atomic E-state index is 10.6. The monoisotopic (exact) mass is 307 g/mol. The van der Waals surface area contributed by atoms with E-state index in [1.807, 2.05) is 6.92 Å². The average molecular weight is 309 g/mol. The molecule has 1 aromatic carbocycles. The molecule has 0 N–H and O–H groups in total. The van der Waals surface area contributed by atoms with Gasteiger partial charge >= 0.3 is 0 Å². The van der Waals surface area contributed by atoms with Crippen LogP contribution in [-0.4, -0.2) is 4.92 Å². The third-order valence-corrected chi connectivity index (χ3v) is 3.23. The van der Waals surface area contributed by atoms with Crippen molar-refractivity contribution in [3.63, 3.8) is 0 Å². The molecular weight excluding hydrogens is 302 g/mol. The Balaban J connectivity index is 3.35. The van der Waals surface area contributed by atoms with Crippen LogP contribution in [0.5, 0.6) is 0 Å². The van der Waals surface area contributed by atoms with E-state index in [4.69, 9.17) is 0 Å². The summed E-state index contributed by atoms with van der Waals surface area (Å²) >= 11 is 6.51. The van der Waals surface area contributed by atoms with Gasteiger partial charge in [0.05, 0.1) is 9.40 Å². The van der Waals surface area contributed by atoms with Crippen molar-refractivity contribution in [2.24, 2.45) is 0 Å². The molecular formula is C8H7Br2NO2. The zero-order valence-electron chi connectivity index (χ0n) is 6.88. The van der Waals surface area contributed by atoms with Crippen molar-refractivity contribution in [3.05, 3.63) is 37.8 Å². The zero-order chi connectivity index (χ0) is 10.0. The molecule has 0 aliphatic carbocycles. The van der Waals surface area contributed by atoms with E-state index in [1.165, 1.54) is 6.07 Å². The molecule has 0 aliphatic rings. The third-order valence-electron chi connectivity index (χ3n) is 1.79. The number of nitro benzene ring substituents is 1. The molecule has 0 saturated carbocycles. The van der Waals surface area contributed by atoms with Gasteiger partial charge in [0.1, 0.15) is 0 Å².